The minimum absolute atomic E-state index is 0.321. The molecule has 0 saturated carbocycles. The van der Waals surface area contributed by atoms with Gasteiger partial charge in [-0.3, -0.25) is 4.98 Å². The van der Waals surface area contributed by atoms with Gasteiger partial charge in [0.05, 0.1) is 33.6 Å². The Morgan fingerprint density at radius 2 is 1.78 bits per heavy atom. The lowest BCUT2D eigenvalue weighted by molar-refractivity contribution is -0.107. The zero-order chi connectivity index (χ0) is 16.7. The molecule has 0 unspecified atom stereocenters. The number of hydrogen-bond acceptors (Lipinski definition) is 6. The molecule has 0 aliphatic carbocycles. The van der Waals surface area contributed by atoms with E-state index in [4.69, 9.17) is 14.2 Å². The molecule has 0 aliphatic rings. The smallest absolute Gasteiger partial charge is 0.203 e. The number of methoxy groups -OCH3 is 3. The van der Waals surface area contributed by atoms with E-state index in [0.29, 0.717) is 30.3 Å². The van der Waals surface area contributed by atoms with Crippen LogP contribution < -0.4 is 19.5 Å². The molecule has 0 bridgehead atoms. The maximum atomic E-state index is 10.4. The molecular formula is C17H20N2O4. The van der Waals surface area contributed by atoms with Crippen molar-refractivity contribution in [3.8, 4) is 28.5 Å². The Labute approximate surface area is 135 Å². The van der Waals surface area contributed by atoms with Gasteiger partial charge in [-0.25, -0.2) is 0 Å². The van der Waals surface area contributed by atoms with Gasteiger partial charge in [0.2, 0.25) is 5.75 Å². The molecule has 0 saturated heterocycles. The second kappa shape index (κ2) is 8.14. The van der Waals surface area contributed by atoms with E-state index in [1.54, 1.807) is 27.5 Å². The molecular weight excluding hydrogens is 296 g/mol. The lowest BCUT2D eigenvalue weighted by Crippen LogP contribution is -2.15. The van der Waals surface area contributed by atoms with Gasteiger partial charge in [0, 0.05) is 18.3 Å². The summed E-state index contributed by atoms with van der Waals surface area (Å²) in [6.07, 6.45) is 2.57. The fraction of sp³-hybridized carbons (Fsp3) is 0.294. The Bertz CT molecular complexity index is 648. The fourth-order valence-electron chi connectivity index (χ4n) is 2.25. The topological polar surface area (TPSA) is 69.7 Å². The number of carbonyl (C=O) groups is 1. The minimum atomic E-state index is 0.321. The molecule has 1 aromatic carbocycles. The van der Waals surface area contributed by atoms with Crippen LogP contribution in [0.5, 0.6) is 17.2 Å². The predicted molar refractivity (Wildman–Crippen MR) is 87.1 cm³/mol. The van der Waals surface area contributed by atoms with E-state index in [0.717, 1.165) is 23.1 Å². The summed E-state index contributed by atoms with van der Waals surface area (Å²) in [5, 5.41) is 3.03. The number of rotatable bonds is 8. The molecule has 1 N–H and O–H groups in total. The molecule has 6 heteroatoms. The van der Waals surface area contributed by atoms with E-state index in [9.17, 15) is 4.79 Å². The number of aldehydes is 1. The van der Waals surface area contributed by atoms with Crippen molar-refractivity contribution in [3.05, 3.63) is 36.0 Å². The van der Waals surface area contributed by atoms with Crippen molar-refractivity contribution < 1.29 is 19.0 Å². The second-order valence-corrected chi connectivity index (χ2v) is 4.76. The number of nitrogens with one attached hydrogen (secondary N) is 1. The molecule has 2 rings (SSSR count). The maximum absolute atomic E-state index is 10.4. The third-order valence-corrected chi connectivity index (χ3v) is 3.34. The summed E-state index contributed by atoms with van der Waals surface area (Å²) in [5.74, 6) is 1.70. The normalized spacial score (nSPS) is 10.2. The van der Waals surface area contributed by atoms with E-state index in [1.807, 2.05) is 24.3 Å². The number of pyridine rings is 1. The Hall–Kier alpha value is -2.60. The van der Waals surface area contributed by atoms with Gasteiger partial charge in [-0.2, -0.15) is 0 Å². The number of benzene rings is 1. The second-order valence-electron chi connectivity index (χ2n) is 4.76. The highest BCUT2D eigenvalue weighted by atomic mass is 16.5. The van der Waals surface area contributed by atoms with Crippen molar-refractivity contribution in [2.45, 2.75) is 6.54 Å². The number of nitrogens with zero attached hydrogens (tertiary/aromatic N) is 1. The van der Waals surface area contributed by atoms with Gasteiger partial charge in [0.25, 0.3) is 0 Å². The molecule has 0 aliphatic heterocycles. The summed E-state index contributed by atoms with van der Waals surface area (Å²) in [7, 11) is 4.72. The molecule has 122 valence electrons. The van der Waals surface area contributed by atoms with Crippen molar-refractivity contribution in [1.82, 2.24) is 10.3 Å². The average molecular weight is 316 g/mol. The molecule has 23 heavy (non-hydrogen) atoms. The van der Waals surface area contributed by atoms with Gasteiger partial charge >= 0.3 is 0 Å². The van der Waals surface area contributed by atoms with Crippen molar-refractivity contribution in [2.75, 3.05) is 27.9 Å². The Kier molecular flexibility index (Phi) is 5.94. The van der Waals surface area contributed by atoms with E-state index in [2.05, 4.69) is 10.3 Å². The average Bonchev–Trinajstić information content (AvgIpc) is 2.60. The molecule has 0 atom stereocenters. The van der Waals surface area contributed by atoms with Gasteiger partial charge in [-0.15, -0.1) is 0 Å². The fourth-order valence-corrected chi connectivity index (χ4v) is 2.25. The summed E-state index contributed by atoms with van der Waals surface area (Å²) < 4.78 is 16.1. The minimum Gasteiger partial charge on any atom is -0.493 e. The van der Waals surface area contributed by atoms with Crippen LogP contribution in [0, 0.1) is 0 Å². The van der Waals surface area contributed by atoms with Gasteiger partial charge in [0.1, 0.15) is 6.29 Å². The van der Waals surface area contributed by atoms with Crippen molar-refractivity contribution in [2.24, 2.45) is 0 Å². The molecule has 1 aromatic heterocycles. The number of ether oxygens (including phenoxy) is 3. The molecule has 0 fully saturated rings. The van der Waals surface area contributed by atoms with Crippen LogP contribution in [0.15, 0.2) is 30.5 Å². The van der Waals surface area contributed by atoms with Crippen LogP contribution in [0.3, 0.4) is 0 Å². The lowest BCUT2D eigenvalue weighted by Gasteiger charge is -2.14. The quantitative estimate of drug-likeness (QED) is 0.594. The highest BCUT2D eigenvalue weighted by Gasteiger charge is 2.14. The van der Waals surface area contributed by atoms with Crippen molar-refractivity contribution in [1.29, 1.82) is 0 Å². The van der Waals surface area contributed by atoms with Crippen molar-refractivity contribution >= 4 is 6.29 Å². The van der Waals surface area contributed by atoms with Gasteiger partial charge in [0.15, 0.2) is 11.5 Å². The van der Waals surface area contributed by atoms with E-state index in [-0.39, 0.29) is 0 Å². The number of carbonyl (C=O) groups excluding carboxylic acids is 1. The first-order chi connectivity index (χ1) is 11.2. The highest BCUT2D eigenvalue weighted by Crippen LogP contribution is 2.40. The summed E-state index contributed by atoms with van der Waals surface area (Å²) in [6.45, 7) is 0.917. The number of aromatic nitrogens is 1. The zero-order valence-corrected chi connectivity index (χ0v) is 13.5. The summed E-state index contributed by atoms with van der Waals surface area (Å²) in [4.78, 5) is 14.8. The van der Waals surface area contributed by atoms with Gasteiger partial charge in [-0.1, -0.05) is 0 Å². The standard InChI is InChI=1S/C17H20N2O4/c1-21-15-9-13(10-16(22-2)17(15)23-3)14-8-12(4-5-19-14)11-18-6-7-20/h4-5,7-10,18H,6,11H2,1-3H3. The summed E-state index contributed by atoms with van der Waals surface area (Å²) in [6, 6.07) is 7.57. The summed E-state index contributed by atoms with van der Waals surface area (Å²) >= 11 is 0. The third-order valence-electron chi connectivity index (χ3n) is 3.34. The molecule has 2 aromatic rings. The van der Waals surface area contributed by atoms with E-state index >= 15 is 0 Å². The largest absolute Gasteiger partial charge is 0.493 e. The van der Waals surface area contributed by atoms with E-state index < -0.39 is 0 Å². The third kappa shape index (κ3) is 3.98. The first-order valence-electron chi connectivity index (χ1n) is 7.13. The Morgan fingerprint density at radius 3 is 2.35 bits per heavy atom. The molecule has 0 spiro atoms. The summed E-state index contributed by atoms with van der Waals surface area (Å²) in [5.41, 5.74) is 2.68. The highest BCUT2D eigenvalue weighted by molar-refractivity contribution is 5.69. The van der Waals surface area contributed by atoms with E-state index in [1.165, 1.54) is 0 Å². The first kappa shape index (κ1) is 16.8. The first-order valence-corrected chi connectivity index (χ1v) is 7.13. The van der Waals surface area contributed by atoms with Gasteiger partial charge < -0.3 is 24.3 Å². The zero-order valence-electron chi connectivity index (χ0n) is 13.5. The molecule has 1 heterocycles. The Morgan fingerprint density at radius 1 is 1.09 bits per heavy atom. The lowest BCUT2D eigenvalue weighted by atomic mass is 10.1. The predicted octanol–water partition coefficient (Wildman–Crippen LogP) is 2.06. The van der Waals surface area contributed by atoms with Crippen LogP contribution in [0.1, 0.15) is 5.56 Å². The van der Waals surface area contributed by atoms with Crippen LogP contribution in [-0.2, 0) is 11.3 Å². The Balaban J connectivity index is 2.37. The van der Waals surface area contributed by atoms with Crippen LogP contribution in [-0.4, -0.2) is 39.1 Å². The monoisotopic (exact) mass is 316 g/mol. The SMILES string of the molecule is COc1cc(-c2cc(CNCC=O)ccn2)cc(OC)c1OC. The maximum Gasteiger partial charge on any atom is 0.203 e. The van der Waals surface area contributed by atoms with Crippen LogP contribution in [0.2, 0.25) is 0 Å². The van der Waals surface area contributed by atoms with Gasteiger partial charge in [-0.05, 0) is 29.8 Å². The van der Waals surface area contributed by atoms with Crippen LogP contribution in [0.4, 0.5) is 0 Å². The molecule has 0 radical (unpaired) electrons. The molecule has 6 nitrogen and oxygen atoms in total. The molecule has 0 amide bonds. The number of hydrogen-bond donors (Lipinski definition) is 1. The van der Waals surface area contributed by atoms with Crippen molar-refractivity contribution in [3.63, 3.8) is 0 Å². The van der Waals surface area contributed by atoms with Crippen LogP contribution in [0.25, 0.3) is 11.3 Å². The van der Waals surface area contributed by atoms with Crippen LogP contribution >= 0.6 is 0 Å².